The van der Waals surface area contributed by atoms with E-state index in [0.29, 0.717) is 12.8 Å². The van der Waals surface area contributed by atoms with E-state index in [4.69, 9.17) is 9.47 Å². The highest BCUT2D eigenvalue weighted by Crippen LogP contribution is 2.36. The number of likely N-dealkylation sites (tertiary alicyclic amines) is 2. The van der Waals surface area contributed by atoms with Crippen molar-refractivity contribution in [1.29, 1.82) is 0 Å². The third-order valence-corrected chi connectivity index (χ3v) is 16.2. The van der Waals surface area contributed by atoms with Gasteiger partial charge in [-0.25, -0.2) is 0 Å². The largest absolute Gasteiger partial charge is 0.497 e. The molecule has 4 aliphatic rings. The lowest BCUT2D eigenvalue weighted by Gasteiger charge is -2.36. The van der Waals surface area contributed by atoms with Crippen LogP contribution in [-0.4, -0.2) is 147 Å². The quantitative estimate of drug-likeness (QED) is 0.0907. The summed E-state index contributed by atoms with van der Waals surface area (Å²) in [5.41, 5.74) is 2.83. The molecule has 80 heavy (non-hydrogen) atoms. The van der Waals surface area contributed by atoms with Crippen LogP contribution in [0.15, 0.2) is 60.7 Å². The monoisotopic (exact) mass is 1100 g/mol. The van der Waals surface area contributed by atoms with Crippen molar-refractivity contribution in [2.24, 2.45) is 10.8 Å². The Morgan fingerprint density at radius 2 is 0.938 bits per heavy atom. The summed E-state index contributed by atoms with van der Waals surface area (Å²) in [6.45, 7) is 14.3. The summed E-state index contributed by atoms with van der Waals surface area (Å²) in [7, 11) is 6.51. The van der Waals surface area contributed by atoms with Crippen molar-refractivity contribution in [1.82, 2.24) is 52.3 Å². The zero-order chi connectivity index (χ0) is 58.4. The first kappa shape index (κ1) is 60.6. The van der Waals surface area contributed by atoms with Crippen LogP contribution in [0.5, 0.6) is 11.5 Å². The van der Waals surface area contributed by atoms with E-state index in [2.05, 4.69) is 42.5 Å². The van der Waals surface area contributed by atoms with Crippen LogP contribution >= 0.6 is 0 Å². The molecule has 20 heteroatoms. The second kappa shape index (κ2) is 25.6. The van der Waals surface area contributed by atoms with Crippen molar-refractivity contribution < 1.29 is 47.8 Å². The summed E-state index contributed by atoms with van der Waals surface area (Å²) in [4.78, 5) is 117. The Bertz CT molecular complexity index is 2630. The highest BCUT2D eigenvalue weighted by atomic mass is 16.5. The maximum absolute atomic E-state index is 14.8. The molecule has 3 aromatic carbocycles. The lowest BCUT2D eigenvalue weighted by atomic mass is 9.85. The fraction of sp³-hybridized carbons (Fsp3) is 0.567. The van der Waals surface area contributed by atoms with Crippen LogP contribution in [0, 0.1) is 10.8 Å². The molecule has 0 spiro atoms. The smallest absolute Gasteiger partial charge is 0.251 e. The Kier molecular flexibility index (Phi) is 19.4. The molecule has 434 valence electrons. The van der Waals surface area contributed by atoms with Crippen LogP contribution in [-0.2, 0) is 41.6 Å². The maximum Gasteiger partial charge on any atom is 0.251 e. The van der Waals surface area contributed by atoms with Gasteiger partial charge in [-0.1, -0.05) is 59.7 Å². The Morgan fingerprint density at radius 1 is 0.550 bits per heavy atom. The topological polar surface area (TPSA) is 258 Å². The first-order valence-electron chi connectivity index (χ1n) is 28.1. The van der Waals surface area contributed by atoms with Gasteiger partial charge in [-0.05, 0) is 155 Å². The van der Waals surface area contributed by atoms with Crippen molar-refractivity contribution in [3.8, 4) is 11.5 Å². The molecule has 10 atom stereocenters. The number of carbonyl (C=O) groups is 8. The summed E-state index contributed by atoms with van der Waals surface area (Å²) in [5, 5.41) is 24.1. The molecule has 2 aliphatic heterocycles. The lowest BCUT2D eigenvalue weighted by Crippen LogP contribution is -2.59. The van der Waals surface area contributed by atoms with Gasteiger partial charge in [-0.3, -0.25) is 38.4 Å². The molecule has 2 saturated heterocycles. The van der Waals surface area contributed by atoms with Gasteiger partial charge < -0.3 is 61.8 Å². The van der Waals surface area contributed by atoms with E-state index in [0.717, 1.165) is 59.4 Å². The van der Waals surface area contributed by atoms with Crippen molar-refractivity contribution >= 4 is 47.3 Å². The van der Waals surface area contributed by atoms with Gasteiger partial charge in [0.15, 0.2) is 0 Å². The van der Waals surface area contributed by atoms with Gasteiger partial charge in [0, 0.05) is 36.3 Å². The molecule has 2 fully saturated rings. The Hall–Kier alpha value is -7.06. The number of hydrogen-bond donors (Lipinski definition) is 8. The van der Waals surface area contributed by atoms with Crippen LogP contribution in [0.25, 0.3) is 0 Å². The van der Waals surface area contributed by atoms with E-state index in [1.807, 2.05) is 77.9 Å². The summed E-state index contributed by atoms with van der Waals surface area (Å²) < 4.78 is 10.9. The number of carbonyl (C=O) groups excluding carboxylic acids is 8. The lowest BCUT2D eigenvalue weighted by molar-refractivity contribution is -0.144. The first-order valence-corrected chi connectivity index (χ1v) is 28.1. The Balaban J connectivity index is 1.10. The molecule has 0 aromatic heterocycles. The van der Waals surface area contributed by atoms with Crippen molar-refractivity contribution in [2.45, 2.75) is 167 Å². The maximum atomic E-state index is 14.8. The number of fused-ring (bicyclic) bond motifs is 2. The minimum atomic E-state index is -1.02. The van der Waals surface area contributed by atoms with E-state index in [-0.39, 0.29) is 72.8 Å². The van der Waals surface area contributed by atoms with Gasteiger partial charge in [0.1, 0.15) is 35.7 Å². The van der Waals surface area contributed by atoms with Crippen LogP contribution in [0.2, 0.25) is 0 Å². The van der Waals surface area contributed by atoms with Crippen LogP contribution in [0.1, 0.15) is 149 Å². The fourth-order valence-electron chi connectivity index (χ4n) is 11.3. The second-order valence-corrected chi connectivity index (χ2v) is 24.1. The van der Waals surface area contributed by atoms with Crippen molar-refractivity contribution in [2.75, 3.05) is 41.4 Å². The van der Waals surface area contributed by atoms with Crippen molar-refractivity contribution in [3.63, 3.8) is 0 Å². The van der Waals surface area contributed by atoms with Crippen LogP contribution in [0.3, 0.4) is 0 Å². The molecule has 8 N–H and O–H groups in total. The minimum Gasteiger partial charge on any atom is -0.497 e. The molecule has 7 rings (SSSR count). The van der Waals surface area contributed by atoms with E-state index in [9.17, 15) is 38.4 Å². The number of methoxy groups -OCH3 is 2. The predicted molar refractivity (Wildman–Crippen MR) is 303 cm³/mol. The number of hydrogen-bond acceptors (Lipinski definition) is 12. The number of amides is 8. The van der Waals surface area contributed by atoms with E-state index >= 15 is 0 Å². The molecule has 3 aromatic rings. The molecule has 0 radical (unpaired) electrons. The van der Waals surface area contributed by atoms with E-state index in [1.54, 1.807) is 60.4 Å². The van der Waals surface area contributed by atoms with Gasteiger partial charge in [-0.2, -0.15) is 0 Å². The summed E-state index contributed by atoms with van der Waals surface area (Å²) >= 11 is 0. The molecule has 0 unspecified atom stereocenters. The van der Waals surface area contributed by atoms with Crippen molar-refractivity contribution in [3.05, 3.63) is 94.0 Å². The Labute approximate surface area is 470 Å². The number of likely N-dealkylation sites (N-methyl/N-ethyl adjacent to an activating group) is 2. The molecule has 8 amide bonds. The number of nitrogens with zero attached hydrogens (tertiary/aromatic N) is 2. The van der Waals surface area contributed by atoms with Crippen LogP contribution < -0.4 is 52.0 Å². The van der Waals surface area contributed by atoms with E-state index in [1.165, 1.54) is 15.9 Å². The van der Waals surface area contributed by atoms with Gasteiger partial charge in [0.2, 0.25) is 35.4 Å². The number of rotatable bonds is 18. The zero-order valence-electron chi connectivity index (χ0n) is 48.6. The SMILES string of the molecule is CN[C@@H](C)C(=O)N[C@H](C(=O)N1C[C@@H](NC(=O)c2cccc(C(=O)N[C@H]3C[C@@H](C(=O)N[C@@H]4CCCc5cc(OC)ccc54)N(C(=O)[C@@H](NC(=O)[C@H](C)NC)C(C)(C)C)C3)c2)C[C@H]1C(=O)N[C@@H]1CCCc2cc(OC)ccc21)C(C)(C)C. The number of benzene rings is 3. The third-order valence-electron chi connectivity index (χ3n) is 16.2. The summed E-state index contributed by atoms with van der Waals surface area (Å²) in [6, 6.07) is 10.4. The zero-order valence-corrected chi connectivity index (χ0v) is 48.6. The summed E-state index contributed by atoms with van der Waals surface area (Å²) in [5.74, 6) is -2.13. The number of ether oxygens (including phenoxy) is 2. The average Bonchev–Trinajstić information content (AvgIpc) is 4.09. The molecular weight excluding hydrogens is 1020 g/mol. The average molecular weight is 1110 g/mol. The molecule has 20 nitrogen and oxygen atoms in total. The van der Waals surface area contributed by atoms with Gasteiger partial charge >= 0.3 is 0 Å². The Morgan fingerprint density at radius 3 is 1.29 bits per heavy atom. The minimum absolute atomic E-state index is 0.0345. The second-order valence-electron chi connectivity index (χ2n) is 24.1. The molecule has 2 heterocycles. The highest BCUT2D eigenvalue weighted by Gasteiger charge is 2.48. The fourth-order valence-corrected chi connectivity index (χ4v) is 11.3. The van der Waals surface area contributed by atoms with Gasteiger partial charge in [0.25, 0.3) is 11.8 Å². The standard InChI is InChI=1S/C60H84N10O10/c1-33(61-9)51(71)67-49(59(3,4)5)57(77)69-31-39(29-47(69)55(75)65-45-20-14-16-35-27-41(79-11)22-24-43(35)45)63-53(73)37-18-13-19-38(26-37)54(74)64-40-30-48(56(76)66-46-21-15-17-36-28-42(80-12)23-25-44(36)46)70(32-40)58(78)50(60(6,7)8)68-52(72)34(2)62-10/h13,18-19,22-28,33-34,39-40,45-50,61-62H,14-17,20-21,29-32H2,1-12H3,(H,63,73)(H,64,74)(H,65,75)(H,66,76)(H,67,71)(H,68,72)/t33-,34-,39-,40-,45+,46+,47-,48-,49+,50+/m0/s1. The molecule has 2 aliphatic carbocycles. The number of aryl methyl sites for hydroxylation is 2. The molecule has 0 saturated carbocycles. The third kappa shape index (κ3) is 14.1. The van der Waals surface area contributed by atoms with Gasteiger partial charge in [-0.15, -0.1) is 0 Å². The predicted octanol–water partition coefficient (Wildman–Crippen LogP) is 3.77. The number of nitrogens with one attached hydrogen (secondary N) is 8. The van der Waals surface area contributed by atoms with E-state index < -0.39 is 82.8 Å². The summed E-state index contributed by atoms with van der Waals surface area (Å²) in [6.07, 6.45) is 4.83. The van der Waals surface area contributed by atoms with Crippen LogP contribution in [0.4, 0.5) is 0 Å². The molecular formula is C60H84N10O10. The molecule has 0 bridgehead atoms. The normalized spacial score (nSPS) is 22.2. The van der Waals surface area contributed by atoms with Gasteiger partial charge in [0.05, 0.1) is 38.4 Å². The highest BCUT2D eigenvalue weighted by molar-refractivity contribution is 6.01. The first-order chi connectivity index (χ1) is 37.8.